The molecule has 0 aliphatic carbocycles. The highest BCUT2D eigenvalue weighted by atomic mass is 28.3. The predicted molar refractivity (Wildman–Crippen MR) is 133 cm³/mol. The first-order valence-corrected chi connectivity index (χ1v) is 14.5. The number of hydrogen-bond donors (Lipinski definition) is 0. The maximum Gasteiger partial charge on any atom is 0.311 e. The van der Waals surface area contributed by atoms with Gasteiger partial charge in [0.2, 0.25) is 0 Å². The Kier molecular flexibility index (Phi) is 7.80. The zero-order valence-corrected chi connectivity index (χ0v) is 21.9. The maximum absolute atomic E-state index is 12.4. The Hall–Kier alpha value is -2.07. The second-order valence-electron chi connectivity index (χ2n) is 11.1. The van der Waals surface area contributed by atoms with E-state index in [2.05, 4.69) is 97.1 Å². The molecule has 0 saturated heterocycles. The molecule has 2 rings (SSSR count). The molecule has 0 saturated carbocycles. The van der Waals surface area contributed by atoms with Crippen LogP contribution in [0.5, 0.6) is 11.5 Å². The number of hydrogen-bond acceptors (Lipinski definition) is 3. The van der Waals surface area contributed by atoms with E-state index in [1.54, 1.807) is 0 Å². The summed E-state index contributed by atoms with van der Waals surface area (Å²) in [5.41, 5.74) is 1.65. The van der Waals surface area contributed by atoms with Crippen LogP contribution < -0.4 is 14.7 Å². The lowest BCUT2D eigenvalue weighted by Gasteiger charge is -2.31. The number of carbonyl (C=O) groups excluding carboxylic acids is 1. The summed E-state index contributed by atoms with van der Waals surface area (Å²) in [5, 5.41) is 1.38. The van der Waals surface area contributed by atoms with Crippen LogP contribution in [0.3, 0.4) is 0 Å². The first-order chi connectivity index (χ1) is 14.3. The highest BCUT2D eigenvalue weighted by Crippen LogP contribution is 2.43. The van der Waals surface area contributed by atoms with Crippen LogP contribution in [0.15, 0.2) is 42.5 Å². The number of esters is 1. The molecule has 0 radical (unpaired) electrons. The van der Waals surface area contributed by atoms with Crippen LogP contribution in [-0.2, 0) is 15.6 Å². The molecule has 0 aliphatic rings. The van der Waals surface area contributed by atoms with E-state index in [9.17, 15) is 4.79 Å². The molecule has 0 aliphatic heterocycles. The third kappa shape index (κ3) is 6.70. The Morgan fingerprint density at radius 3 is 1.87 bits per heavy atom. The van der Waals surface area contributed by atoms with Gasteiger partial charge in [0.1, 0.15) is 19.6 Å². The van der Waals surface area contributed by atoms with Crippen molar-refractivity contribution in [1.82, 2.24) is 0 Å². The third-order valence-corrected chi connectivity index (χ3v) is 8.27. The highest BCUT2D eigenvalue weighted by Gasteiger charge is 2.31. The molecule has 0 unspecified atom stereocenters. The molecule has 0 amide bonds. The van der Waals surface area contributed by atoms with Crippen LogP contribution >= 0.6 is 0 Å². The Labute approximate surface area is 190 Å². The Morgan fingerprint density at radius 1 is 0.903 bits per heavy atom. The summed E-state index contributed by atoms with van der Waals surface area (Å²) < 4.78 is 12.4. The molecule has 0 bridgehead atoms. The van der Waals surface area contributed by atoms with Gasteiger partial charge in [-0.15, -0.1) is 0 Å². The molecule has 0 atom stereocenters. The van der Waals surface area contributed by atoms with Gasteiger partial charge in [0.15, 0.2) is 0 Å². The minimum absolute atomic E-state index is 0.176. The summed E-state index contributed by atoms with van der Waals surface area (Å²) in [7, 11) is -1.75. The van der Waals surface area contributed by atoms with Crippen LogP contribution in [0, 0.1) is 0 Å². The first kappa shape index (κ1) is 25.2. The molecule has 4 heteroatoms. The van der Waals surface area contributed by atoms with E-state index in [0.717, 1.165) is 23.3 Å². The van der Waals surface area contributed by atoms with E-state index in [0.29, 0.717) is 18.4 Å². The van der Waals surface area contributed by atoms with Gasteiger partial charge < -0.3 is 9.47 Å². The van der Waals surface area contributed by atoms with Crippen molar-refractivity contribution < 1.29 is 14.3 Å². The van der Waals surface area contributed by atoms with Crippen LogP contribution in [0.25, 0.3) is 0 Å². The Bertz CT molecular complexity index is 852. The van der Waals surface area contributed by atoms with Gasteiger partial charge in [-0.05, 0) is 29.4 Å². The van der Waals surface area contributed by atoms with Gasteiger partial charge in [-0.1, -0.05) is 97.1 Å². The van der Waals surface area contributed by atoms with Crippen molar-refractivity contribution in [2.24, 2.45) is 0 Å². The standard InChI is InChI=1S/C27H40O3Si/c1-10-14-24(28)30-25-22(26(2,3)4)17-20(18-23(25)27(5,6)7)29-19-31(8,9)21-15-12-11-13-16-21/h11-13,15-18H,10,14,19H2,1-9H3. The summed E-state index contributed by atoms with van der Waals surface area (Å²) in [6.45, 7) is 19.6. The van der Waals surface area contributed by atoms with Gasteiger partial charge in [0.25, 0.3) is 0 Å². The van der Waals surface area contributed by atoms with Gasteiger partial charge in [0.05, 0.1) is 6.23 Å². The van der Waals surface area contributed by atoms with Crippen LogP contribution in [0.1, 0.15) is 72.4 Å². The molecule has 0 N–H and O–H groups in total. The average Bonchev–Trinajstić information content (AvgIpc) is 2.66. The quantitative estimate of drug-likeness (QED) is 0.279. The van der Waals surface area contributed by atoms with Crippen molar-refractivity contribution >= 4 is 19.2 Å². The summed E-state index contributed by atoms with van der Waals surface area (Å²) in [6.07, 6.45) is 1.89. The lowest BCUT2D eigenvalue weighted by atomic mass is 9.79. The number of ether oxygens (including phenoxy) is 2. The fraction of sp³-hybridized carbons (Fsp3) is 0.519. The van der Waals surface area contributed by atoms with Crippen molar-refractivity contribution in [3.05, 3.63) is 53.6 Å². The van der Waals surface area contributed by atoms with Crippen molar-refractivity contribution in [2.75, 3.05) is 6.23 Å². The van der Waals surface area contributed by atoms with E-state index in [4.69, 9.17) is 9.47 Å². The fourth-order valence-electron chi connectivity index (χ4n) is 3.52. The Balaban J connectivity index is 2.48. The van der Waals surface area contributed by atoms with E-state index < -0.39 is 8.07 Å². The number of benzene rings is 2. The molecule has 31 heavy (non-hydrogen) atoms. The first-order valence-electron chi connectivity index (χ1n) is 11.3. The zero-order chi connectivity index (χ0) is 23.4. The molecule has 170 valence electrons. The van der Waals surface area contributed by atoms with Crippen molar-refractivity contribution in [2.45, 2.75) is 85.2 Å². The second kappa shape index (κ2) is 9.60. The van der Waals surface area contributed by atoms with Crippen LogP contribution in [0.2, 0.25) is 13.1 Å². The molecule has 0 aromatic heterocycles. The lowest BCUT2D eigenvalue weighted by molar-refractivity contribution is -0.134. The van der Waals surface area contributed by atoms with Gasteiger partial charge in [-0.25, -0.2) is 0 Å². The average molecular weight is 441 g/mol. The van der Waals surface area contributed by atoms with Crippen LogP contribution in [0.4, 0.5) is 0 Å². The molecule has 0 spiro atoms. The van der Waals surface area contributed by atoms with E-state index in [-0.39, 0.29) is 16.8 Å². The van der Waals surface area contributed by atoms with E-state index in [1.165, 1.54) is 5.19 Å². The van der Waals surface area contributed by atoms with Gasteiger partial charge >= 0.3 is 5.97 Å². The summed E-state index contributed by atoms with van der Waals surface area (Å²) in [4.78, 5) is 12.4. The zero-order valence-electron chi connectivity index (χ0n) is 20.9. The van der Waals surface area contributed by atoms with Gasteiger partial charge in [-0.2, -0.15) is 0 Å². The summed E-state index contributed by atoms with van der Waals surface area (Å²) >= 11 is 0. The van der Waals surface area contributed by atoms with Crippen LogP contribution in [-0.4, -0.2) is 20.3 Å². The maximum atomic E-state index is 12.4. The topological polar surface area (TPSA) is 35.5 Å². The van der Waals surface area contributed by atoms with E-state index in [1.807, 2.05) is 6.92 Å². The molecular weight excluding hydrogens is 400 g/mol. The molecular formula is C27H40O3Si. The minimum atomic E-state index is -1.75. The van der Waals surface area contributed by atoms with Gasteiger partial charge in [-0.3, -0.25) is 4.79 Å². The summed E-state index contributed by atoms with van der Waals surface area (Å²) in [6, 6.07) is 14.8. The highest BCUT2D eigenvalue weighted by molar-refractivity contribution is 6.89. The Morgan fingerprint density at radius 2 is 1.42 bits per heavy atom. The largest absolute Gasteiger partial charge is 0.497 e. The molecule has 2 aromatic carbocycles. The minimum Gasteiger partial charge on any atom is -0.497 e. The smallest absolute Gasteiger partial charge is 0.311 e. The molecule has 0 heterocycles. The second-order valence-corrected chi connectivity index (χ2v) is 15.7. The van der Waals surface area contributed by atoms with Crippen molar-refractivity contribution in [3.8, 4) is 11.5 Å². The molecule has 2 aromatic rings. The lowest BCUT2D eigenvalue weighted by Crippen LogP contribution is -2.47. The van der Waals surface area contributed by atoms with Crippen molar-refractivity contribution in [3.63, 3.8) is 0 Å². The van der Waals surface area contributed by atoms with Crippen molar-refractivity contribution in [1.29, 1.82) is 0 Å². The number of rotatable bonds is 7. The number of carbonyl (C=O) groups is 1. The molecule has 0 fully saturated rings. The van der Waals surface area contributed by atoms with E-state index >= 15 is 0 Å². The SMILES string of the molecule is CCCC(=O)Oc1c(C(C)(C)C)cc(OC[Si](C)(C)c2ccccc2)cc1C(C)(C)C. The molecule has 3 nitrogen and oxygen atoms in total. The normalized spacial score (nSPS) is 12.5. The fourth-order valence-corrected chi connectivity index (χ4v) is 5.30. The third-order valence-electron chi connectivity index (χ3n) is 5.50. The van der Waals surface area contributed by atoms with Gasteiger partial charge in [0, 0.05) is 17.5 Å². The monoisotopic (exact) mass is 440 g/mol. The predicted octanol–water partition coefficient (Wildman–Crippen LogP) is 6.52. The summed E-state index contributed by atoms with van der Waals surface area (Å²) in [5.74, 6) is 1.37.